The van der Waals surface area contributed by atoms with Crippen LogP contribution < -0.4 is 0 Å². The molecule has 0 N–H and O–H groups in total. The van der Waals surface area contributed by atoms with E-state index in [-0.39, 0.29) is 11.1 Å². The van der Waals surface area contributed by atoms with Gasteiger partial charge in [-0.2, -0.15) is 9.36 Å². The molecule has 10 nitrogen and oxygen atoms in total. The Kier molecular flexibility index (Phi) is 6.65. The third-order valence-electron chi connectivity index (χ3n) is 8.20. The first-order chi connectivity index (χ1) is 18.0. The minimum atomic E-state index is -0.353. The number of nitrogens with zero attached hydrogens (tertiary/aromatic N) is 10. The van der Waals surface area contributed by atoms with Crippen molar-refractivity contribution in [2.75, 3.05) is 26.2 Å². The molecular formula is C28H38N10. The lowest BCUT2D eigenvalue weighted by Crippen LogP contribution is -2.58. The summed E-state index contributed by atoms with van der Waals surface area (Å²) < 4.78 is 3.83. The zero-order valence-corrected chi connectivity index (χ0v) is 23.8. The van der Waals surface area contributed by atoms with Gasteiger partial charge in [-0.05, 0) is 98.5 Å². The summed E-state index contributed by atoms with van der Waals surface area (Å²) in [6, 6.07) is 12.6. The SMILES string of the molecule is Cc1cccc(C)c1-n1nnnc1C(C)(C)N1CCN(C(C)(C)c2nnnn2-c2c(C)cccc2C)CC1. The lowest BCUT2D eigenvalue weighted by molar-refractivity contribution is -0.00185. The molecule has 0 aliphatic carbocycles. The Morgan fingerprint density at radius 2 is 0.868 bits per heavy atom. The van der Waals surface area contributed by atoms with Crippen molar-refractivity contribution < 1.29 is 0 Å². The standard InChI is InChI=1S/C28H38N10/c1-19-11-9-12-20(2)23(19)37-25(29-31-33-37)27(5,6)35-15-17-36(18-16-35)28(7,8)26-30-32-34-38(26)24-21(3)13-10-14-22(24)4/h9-14H,15-18H2,1-8H3. The van der Waals surface area contributed by atoms with E-state index in [1.54, 1.807) is 0 Å². The predicted octanol–water partition coefficient (Wildman–Crippen LogP) is 3.66. The van der Waals surface area contributed by atoms with Crippen LogP contribution in [0.15, 0.2) is 36.4 Å². The molecule has 0 unspecified atom stereocenters. The van der Waals surface area contributed by atoms with E-state index in [4.69, 9.17) is 0 Å². The number of tetrazole rings is 2. The van der Waals surface area contributed by atoms with Crippen molar-refractivity contribution in [2.24, 2.45) is 0 Å². The topological polar surface area (TPSA) is 93.7 Å². The second-order valence-electron chi connectivity index (χ2n) is 11.4. The second-order valence-corrected chi connectivity index (χ2v) is 11.4. The summed E-state index contributed by atoms with van der Waals surface area (Å²) in [7, 11) is 0. The van der Waals surface area contributed by atoms with Crippen LogP contribution in [0.5, 0.6) is 0 Å². The summed E-state index contributed by atoms with van der Waals surface area (Å²) in [5.41, 5.74) is 6.02. The van der Waals surface area contributed by atoms with E-state index in [0.717, 1.165) is 71.5 Å². The number of para-hydroxylation sites is 2. The van der Waals surface area contributed by atoms with Gasteiger partial charge in [-0.3, -0.25) is 9.80 Å². The van der Waals surface area contributed by atoms with Gasteiger partial charge in [0.2, 0.25) is 0 Å². The summed E-state index contributed by atoms with van der Waals surface area (Å²) in [4.78, 5) is 4.95. The largest absolute Gasteiger partial charge is 0.289 e. The molecule has 0 saturated carbocycles. The third kappa shape index (κ3) is 4.31. The number of piperazine rings is 1. The van der Waals surface area contributed by atoms with E-state index < -0.39 is 0 Å². The summed E-state index contributed by atoms with van der Waals surface area (Å²) in [6.07, 6.45) is 0. The fourth-order valence-corrected chi connectivity index (χ4v) is 5.83. The quantitative estimate of drug-likeness (QED) is 0.385. The predicted molar refractivity (Wildman–Crippen MR) is 146 cm³/mol. The molecule has 38 heavy (non-hydrogen) atoms. The molecule has 2 aromatic carbocycles. The van der Waals surface area contributed by atoms with Crippen LogP contribution in [0, 0.1) is 27.7 Å². The molecule has 5 rings (SSSR count). The number of aromatic nitrogens is 8. The minimum absolute atomic E-state index is 0.353. The molecule has 1 aliphatic heterocycles. The van der Waals surface area contributed by atoms with E-state index in [2.05, 4.69) is 133 Å². The molecule has 1 saturated heterocycles. The highest BCUT2D eigenvalue weighted by atomic mass is 15.6. The fourth-order valence-electron chi connectivity index (χ4n) is 5.83. The first kappa shape index (κ1) is 26.1. The van der Waals surface area contributed by atoms with Crippen molar-refractivity contribution >= 4 is 0 Å². The Morgan fingerprint density at radius 3 is 1.18 bits per heavy atom. The van der Waals surface area contributed by atoms with Gasteiger partial charge in [0, 0.05) is 26.2 Å². The molecule has 4 aromatic rings. The van der Waals surface area contributed by atoms with Gasteiger partial charge in [0.25, 0.3) is 0 Å². The normalized spacial score (nSPS) is 15.8. The van der Waals surface area contributed by atoms with Crippen molar-refractivity contribution in [1.29, 1.82) is 0 Å². The van der Waals surface area contributed by atoms with E-state index in [1.807, 2.05) is 9.36 Å². The van der Waals surface area contributed by atoms with Gasteiger partial charge in [0.05, 0.1) is 22.5 Å². The zero-order chi connectivity index (χ0) is 27.2. The summed E-state index contributed by atoms with van der Waals surface area (Å²) in [5.74, 6) is 1.70. The lowest BCUT2D eigenvalue weighted by atomic mass is 9.96. The molecule has 0 atom stereocenters. The van der Waals surface area contributed by atoms with E-state index >= 15 is 0 Å². The monoisotopic (exact) mass is 514 g/mol. The van der Waals surface area contributed by atoms with Crippen LogP contribution in [0.25, 0.3) is 11.4 Å². The number of rotatable bonds is 6. The van der Waals surface area contributed by atoms with Crippen LogP contribution in [0.4, 0.5) is 0 Å². The second kappa shape index (κ2) is 9.67. The van der Waals surface area contributed by atoms with Crippen LogP contribution >= 0.6 is 0 Å². The van der Waals surface area contributed by atoms with Crippen molar-refractivity contribution in [3.05, 3.63) is 70.3 Å². The van der Waals surface area contributed by atoms with Crippen LogP contribution in [-0.4, -0.2) is 76.4 Å². The molecule has 0 radical (unpaired) electrons. The van der Waals surface area contributed by atoms with Gasteiger partial charge >= 0.3 is 0 Å². The maximum Gasteiger partial charge on any atom is 0.176 e. The zero-order valence-electron chi connectivity index (χ0n) is 23.8. The maximum atomic E-state index is 4.51. The van der Waals surface area contributed by atoms with Crippen LogP contribution in [0.3, 0.4) is 0 Å². The number of hydrogen-bond donors (Lipinski definition) is 0. The number of hydrogen-bond acceptors (Lipinski definition) is 8. The molecular weight excluding hydrogens is 476 g/mol. The van der Waals surface area contributed by atoms with E-state index in [0.29, 0.717) is 0 Å². The Morgan fingerprint density at radius 1 is 0.553 bits per heavy atom. The van der Waals surface area contributed by atoms with E-state index in [1.165, 1.54) is 0 Å². The lowest BCUT2D eigenvalue weighted by Gasteiger charge is -2.47. The van der Waals surface area contributed by atoms with Gasteiger partial charge in [0.1, 0.15) is 0 Å². The number of aryl methyl sites for hydroxylation is 4. The molecule has 0 bridgehead atoms. The van der Waals surface area contributed by atoms with Crippen molar-refractivity contribution in [3.8, 4) is 11.4 Å². The van der Waals surface area contributed by atoms with Crippen molar-refractivity contribution in [1.82, 2.24) is 50.2 Å². The molecule has 2 aromatic heterocycles. The molecule has 0 amide bonds. The summed E-state index contributed by atoms with van der Waals surface area (Å²) in [5, 5.41) is 26.0. The molecule has 0 spiro atoms. The Bertz CT molecular complexity index is 1290. The van der Waals surface area contributed by atoms with Crippen LogP contribution in [0.1, 0.15) is 61.6 Å². The first-order valence-corrected chi connectivity index (χ1v) is 13.2. The van der Waals surface area contributed by atoms with Crippen molar-refractivity contribution in [2.45, 2.75) is 66.5 Å². The third-order valence-corrected chi connectivity index (χ3v) is 8.20. The van der Waals surface area contributed by atoms with Crippen LogP contribution in [-0.2, 0) is 11.1 Å². The van der Waals surface area contributed by atoms with Gasteiger partial charge in [0.15, 0.2) is 11.6 Å². The average molecular weight is 515 g/mol. The maximum absolute atomic E-state index is 4.51. The van der Waals surface area contributed by atoms with Gasteiger partial charge in [-0.15, -0.1) is 10.2 Å². The highest BCUT2D eigenvalue weighted by molar-refractivity contribution is 5.48. The Hall–Kier alpha value is -3.50. The minimum Gasteiger partial charge on any atom is -0.289 e. The summed E-state index contributed by atoms with van der Waals surface area (Å²) in [6.45, 7) is 20.8. The molecule has 10 heteroatoms. The smallest absolute Gasteiger partial charge is 0.176 e. The Labute approximate surface area is 224 Å². The molecule has 1 aliphatic rings. The first-order valence-electron chi connectivity index (χ1n) is 13.2. The summed E-state index contributed by atoms with van der Waals surface area (Å²) >= 11 is 0. The average Bonchev–Trinajstić information content (AvgIpc) is 3.55. The highest BCUT2D eigenvalue weighted by Gasteiger charge is 2.41. The number of benzene rings is 2. The fraction of sp³-hybridized carbons (Fsp3) is 0.500. The highest BCUT2D eigenvalue weighted by Crippen LogP contribution is 2.34. The molecule has 3 heterocycles. The van der Waals surface area contributed by atoms with E-state index in [9.17, 15) is 0 Å². The molecule has 200 valence electrons. The van der Waals surface area contributed by atoms with Gasteiger partial charge < -0.3 is 0 Å². The van der Waals surface area contributed by atoms with Crippen LogP contribution in [0.2, 0.25) is 0 Å². The van der Waals surface area contributed by atoms with Crippen molar-refractivity contribution in [3.63, 3.8) is 0 Å². The molecule has 1 fully saturated rings. The van der Waals surface area contributed by atoms with Gasteiger partial charge in [-0.25, -0.2) is 0 Å². The van der Waals surface area contributed by atoms with Gasteiger partial charge in [-0.1, -0.05) is 36.4 Å². The Balaban J connectivity index is 1.38.